The van der Waals surface area contributed by atoms with Crippen molar-refractivity contribution in [3.05, 3.63) is 23.9 Å². The van der Waals surface area contributed by atoms with Crippen LogP contribution in [0.4, 0.5) is 5.82 Å². The number of methoxy groups -OCH3 is 1. The van der Waals surface area contributed by atoms with E-state index in [-0.39, 0.29) is 29.8 Å². The van der Waals surface area contributed by atoms with E-state index in [1.807, 2.05) is 6.07 Å². The van der Waals surface area contributed by atoms with Crippen LogP contribution in [0.1, 0.15) is 76.2 Å². The van der Waals surface area contributed by atoms with E-state index in [4.69, 9.17) is 4.74 Å². The summed E-state index contributed by atoms with van der Waals surface area (Å²) < 4.78 is 5.44. The van der Waals surface area contributed by atoms with Crippen LogP contribution in [0, 0.1) is 23.7 Å². The van der Waals surface area contributed by atoms with Crippen LogP contribution in [-0.2, 0) is 14.3 Å². The van der Waals surface area contributed by atoms with Gasteiger partial charge >= 0.3 is 0 Å². The Kier molecular flexibility index (Phi) is 6.92. The molecule has 0 spiro atoms. The van der Waals surface area contributed by atoms with Crippen molar-refractivity contribution >= 4 is 17.6 Å². The minimum absolute atomic E-state index is 0.0507. The van der Waals surface area contributed by atoms with Crippen LogP contribution < -0.4 is 10.6 Å². The number of rotatable bonds is 5. The number of hydrogen-bond acceptors (Lipinski definition) is 4. The van der Waals surface area contributed by atoms with E-state index in [0.29, 0.717) is 5.82 Å². The normalized spacial score (nSPS) is 25.1. The molecule has 0 atom stereocenters. The third-order valence-electron chi connectivity index (χ3n) is 6.86. The zero-order valence-electron chi connectivity index (χ0n) is 18.4. The Hall–Kier alpha value is -2.39. The van der Waals surface area contributed by atoms with Crippen molar-refractivity contribution in [2.45, 2.75) is 82.3 Å². The summed E-state index contributed by atoms with van der Waals surface area (Å²) in [6, 6.07) is 3.68. The van der Waals surface area contributed by atoms with Gasteiger partial charge in [-0.2, -0.15) is 0 Å². The Morgan fingerprint density at radius 1 is 1.00 bits per heavy atom. The molecule has 0 aliphatic heterocycles. The molecule has 1 heterocycles. The Morgan fingerprint density at radius 2 is 1.68 bits per heavy atom. The molecule has 0 radical (unpaired) electrons. The first-order chi connectivity index (χ1) is 15.1. The quantitative estimate of drug-likeness (QED) is 0.706. The van der Waals surface area contributed by atoms with Crippen LogP contribution in [0.5, 0.6) is 0 Å². The topological polar surface area (TPSA) is 80.3 Å². The Labute approximate surface area is 184 Å². The van der Waals surface area contributed by atoms with Gasteiger partial charge in [0.15, 0.2) is 0 Å². The number of carbonyl (C=O) groups is 2. The van der Waals surface area contributed by atoms with Gasteiger partial charge in [-0.3, -0.25) is 9.59 Å². The summed E-state index contributed by atoms with van der Waals surface area (Å²) in [6.45, 7) is 0. The summed E-state index contributed by atoms with van der Waals surface area (Å²) in [6.07, 6.45) is 12.7. The van der Waals surface area contributed by atoms with Crippen molar-refractivity contribution in [1.29, 1.82) is 0 Å². The van der Waals surface area contributed by atoms with E-state index < -0.39 is 5.54 Å². The minimum atomic E-state index is -0.452. The highest BCUT2D eigenvalue weighted by Crippen LogP contribution is 2.31. The SMILES string of the molecule is COC1CCC(C(=O)NC2(C#Cc3ccc(NC(=O)C4CC4)nc3)CCCCC2)CC1. The van der Waals surface area contributed by atoms with E-state index in [0.717, 1.165) is 69.8 Å². The zero-order chi connectivity index (χ0) is 21.7. The van der Waals surface area contributed by atoms with Crippen LogP contribution >= 0.6 is 0 Å². The fraction of sp³-hybridized carbons (Fsp3) is 0.640. The van der Waals surface area contributed by atoms with Crippen molar-refractivity contribution in [2.24, 2.45) is 11.8 Å². The van der Waals surface area contributed by atoms with Crippen molar-refractivity contribution in [3.63, 3.8) is 0 Å². The molecule has 2 amide bonds. The number of pyridine rings is 1. The highest BCUT2D eigenvalue weighted by atomic mass is 16.5. The first-order valence-electron chi connectivity index (χ1n) is 11.7. The van der Waals surface area contributed by atoms with E-state index >= 15 is 0 Å². The van der Waals surface area contributed by atoms with Crippen molar-refractivity contribution < 1.29 is 14.3 Å². The lowest BCUT2D eigenvalue weighted by Gasteiger charge is -2.36. The predicted octanol–water partition coefficient (Wildman–Crippen LogP) is 3.81. The Morgan fingerprint density at radius 3 is 2.29 bits per heavy atom. The molecule has 6 heteroatoms. The first kappa shape index (κ1) is 21.8. The van der Waals surface area contributed by atoms with Crippen LogP contribution in [0.15, 0.2) is 18.3 Å². The predicted molar refractivity (Wildman–Crippen MR) is 119 cm³/mol. The molecule has 3 saturated carbocycles. The maximum atomic E-state index is 13.0. The molecule has 0 aromatic carbocycles. The maximum absolute atomic E-state index is 13.0. The fourth-order valence-electron chi connectivity index (χ4n) is 4.64. The minimum Gasteiger partial charge on any atom is -0.381 e. The molecule has 0 saturated heterocycles. The van der Waals surface area contributed by atoms with E-state index in [1.54, 1.807) is 19.4 Å². The van der Waals surface area contributed by atoms with Crippen molar-refractivity contribution in [1.82, 2.24) is 10.3 Å². The van der Waals surface area contributed by atoms with Gasteiger partial charge in [-0.15, -0.1) is 0 Å². The molecule has 1 aromatic rings. The lowest BCUT2D eigenvalue weighted by Crippen LogP contribution is -2.51. The number of carbonyl (C=O) groups excluding carboxylic acids is 2. The number of nitrogens with one attached hydrogen (secondary N) is 2. The zero-order valence-corrected chi connectivity index (χ0v) is 18.4. The number of anilines is 1. The molecular weight excluding hydrogens is 390 g/mol. The lowest BCUT2D eigenvalue weighted by molar-refractivity contribution is -0.128. The molecule has 3 aliphatic rings. The average molecular weight is 424 g/mol. The largest absolute Gasteiger partial charge is 0.381 e. The second-order valence-corrected chi connectivity index (χ2v) is 9.29. The van der Waals surface area contributed by atoms with Gasteiger partial charge in [0.05, 0.1) is 6.10 Å². The van der Waals surface area contributed by atoms with Gasteiger partial charge in [0.25, 0.3) is 0 Å². The van der Waals surface area contributed by atoms with E-state index in [1.165, 1.54) is 6.42 Å². The maximum Gasteiger partial charge on any atom is 0.228 e. The van der Waals surface area contributed by atoms with Gasteiger partial charge in [0.1, 0.15) is 11.4 Å². The second kappa shape index (κ2) is 9.82. The molecule has 3 aliphatic carbocycles. The Balaban J connectivity index is 1.40. The van der Waals surface area contributed by atoms with Gasteiger partial charge in [0, 0.05) is 30.7 Å². The highest BCUT2D eigenvalue weighted by molar-refractivity contribution is 5.93. The van der Waals surface area contributed by atoms with Crippen LogP contribution in [0.2, 0.25) is 0 Å². The fourth-order valence-corrected chi connectivity index (χ4v) is 4.64. The molecule has 166 valence electrons. The summed E-state index contributed by atoms with van der Waals surface area (Å²) in [5.41, 5.74) is 0.343. The van der Waals surface area contributed by atoms with Gasteiger partial charge in [-0.25, -0.2) is 4.98 Å². The number of aromatic nitrogens is 1. The molecule has 0 bridgehead atoms. The van der Waals surface area contributed by atoms with Gasteiger partial charge < -0.3 is 15.4 Å². The van der Waals surface area contributed by atoms with E-state index in [2.05, 4.69) is 27.5 Å². The third-order valence-corrected chi connectivity index (χ3v) is 6.86. The summed E-state index contributed by atoms with van der Waals surface area (Å²) in [4.78, 5) is 29.2. The third kappa shape index (κ3) is 5.86. The molecule has 4 rings (SSSR count). The Bertz CT molecular complexity index is 837. The van der Waals surface area contributed by atoms with Crippen molar-refractivity contribution in [3.8, 4) is 11.8 Å². The molecule has 1 aromatic heterocycles. The molecule has 2 N–H and O–H groups in total. The summed E-state index contributed by atoms with van der Waals surface area (Å²) >= 11 is 0. The summed E-state index contributed by atoms with van der Waals surface area (Å²) in [5.74, 6) is 7.60. The molecule has 3 fully saturated rings. The van der Waals surface area contributed by atoms with Crippen LogP contribution in [0.25, 0.3) is 0 Å². The highest BCUT2D eigenvalue weighted by Gasteiger charge is 2.35. The first-order valence-corrected chi connectivity index (χ1v) is 11.7. The lowest BCUT2D eigenvalue weighted by atomic mass is 9.80. The number of ether oxygens (including phenoxy) is 1. The summed E-state index contributed by atoms with van der Waals surface area (Å²) in [7, 11) is 1.75. The number of hydrogen-bond donors (Lipinski definition) is 2. The molecular formula is C25H33N3O3. The second-order valence-electron chi connectivity index (χ2n) is 9.29. The van der Waals surface area contributed by atoms with Crippen molar-refractivity contribution in [2.75, 3.05) is 12.4 Å². The monoisotopic (exact) mass is 423 g/mol. The smallest absolute Gasteiger partial charge is 0.228 e. The molecule has 0 unspecified atom stereocenters. The molecule has 6 nitrogen and oxygen atoms in total. The summed E-state index contributed by atoms with van der Waals surface area (Å²) in [5, 5.41) is 6.18. The molecule has 31 heavy (non-hydrogen) atoms. The van der Waals surface area contributed by atoms with E-state index in [9.17, 15) is 9.59 Å². The van der Waals surface area contributed by atoms with Crippen LogP contribution in [-0.4, -0.2) is 35.6 Å². The number of nitrogens with zero attached hydrogens (tertiary/aromatic N) is 1. The van der Waals surface area contributed by atoms with Crippen LogP contribution in [0.3, 0.4) is 0 Å². The van der Waals surface area contributed by atoms with Gasteiger partial charge in [-0.1, -0.05) is 31.1 Å². The van der Waals surface area contributed by atoms with Gasteiger partial charge in [0.2, 0.25) is 11.8 Å². The standard InChI is InChI=1S/C25H33N3O3/c1-31-21-10-8-20(9-11-21)24(30)28-25(14-3-2-4-15-25)16-13-18-5-12-22(26-17-18)27-23(29)19-6-7-19/h5,12,17,19-21H,2-4,6-11,14-15H2,1H3,(H,28,30)(H,26,27,29). The van der Waals surface area contributed by atoms with Gasteiger partial charge in [-0.05, 0) is 63.5 Å². The average Bonchev–Trinajstić information content (AvgIpc) is 3.65. The number of amides is 2.